The Balaban J connectivity index is 2.07. The summed E-state index contributed by atoms with van der Waals surface area (Å²) in [6.07, 6.45) is 1.87. The van der Waals surface area contributed by atoms with Crippen LogP contribution >= 0.6 is 0 Å². The van der Waals surface area contributed by atoms with Crippen molar-refractivity contribution in [2.45, 2.75) is 97.7 Å². The standard InChI is InChI=1S/C36H48OSi/c1-12-19-37-33-25(5)20-24(4)21-32(33)38(13-2,14-3)34-28-17-15-26(35(6,7)8)22-30(28)31-23-27(36(9,10)11)16-18-29(31)34/h12,15-18,20-23,34H,1,13-14,19H2,2-11H3. The van der Waals surface area contributed by atoms with Crippen molar-refractivity contribution in [3.05, 3.63) is 94.6 Å². The van der Waals surface area contributed by atoms with Gasteiger partial charge in [0, 0.05) is 5.54 Å². The first-order valence-corrected chi connectivity index (χ1v) is 16.9. The maximum atomic E-state index is 6.46. The maximum Gasteiger partial charge on any atom is 0.121 e. The zero-order valence-corrected chi connectivity index (χ0v) is 26.5. The molecule has 0 fully saturated rings. The zero-order chi connectivity index (χ0) is 28.0. The van der Waals surface area contributed by atoms with E-state index in [1.165, 1.54) is 61.8 Å². The van der Waals surface area contributed by atoms with Crippen LogP contribution in [0.15, 0.2) is 61.2 Å². The summed E-state index contributed by atoms with van der Waals surface area (Å²) in [4.78, 5) is 0. The fourth-order valence-electron chi connectivity index (χ4n) is 6.63. The molecule has 0 bridgehead atoms. The van der Waals surface area contributed by atoms with Gasteiger partial charge in [0.2, 0.25) is 0 Å². The van der Waals surface area contributed by atoms with E-state index in [1.807, 2.05) is 6.08 Å². The summed E-state index contributed by atoms with van der Waals surface area (Å²) >= 11 is 0. The number of fused-ring (bicyclic) bond motifs is 3. The molecule has 1 aliphatic carbocycles. The largest absolute Gasteiger partial charge is 0.489 e. The molecule has 0 radical (unpaired) electrons. The third-order valence-corrected chi connectivity index (χ3v) is 14.6. The highest BCUT2D eigenvalue weighted by molar-refractivity contribution is 6.94. The number of ether oxygens (including phenoxy) is 1. The van der Waals surface area contributed by atoms with Crippen molar-refractivity contribution in [1.82, 2.24) is 0 Å². The Hall–Kier alpha value is -2.58. The van der Waals surface area contributed by atoms with Crippen molar-refractivity contribution in [2.75, 3.05) is 6.61 Å². The predicted molar refractivity (Wildman–Crippen MR) is 169 cm³/mol. The van der Waals surface area contributed by atoms with E-state index in [4.69, 9.17) is 4.74 Å². The van der Waals surface area contributed by atoms with E-state index in [1.54, 1.807) is 0 Å². The molecular formula is C36H48OSi. The first kappa shape index (κ1) is 28.4. The first-order valence-electron chi connectivity index (χ1n) is 14.4. The van der Waals surface area contributed by atoms with E-state index in [0.29, 0.717) is 12.1 Å². The van der Waals surface area contributed by atoms with E-state index in [-0.39, 0.29) is 10.8 Å². The Bertz CT molecular complexity index is 1280. The van der Waals surface area contributed by atoms with Crippen LogP contribution in [0.3, 0.4) is 0 Å². The topological polar surface area (TPSA) is 9.23 Å². The van der Waals surface area contributed by atoms with Gasteiger partial charge in [-0.1, -0.05) is 134 Å². The molecule has 4 rings (SSSR count). The Morgan fingerprint density at radius 3 is 1.71 bits per heavy atom. The number of hydrogen-bond donors (Lipinski definition) is 0. The van der Waals surface area contributed by atoms with Gasteiger partial charge in [0.05, 0.1) is 0 Å². The summed E-state index contributed by atoms with van der Waals surface area (Å²) in [5.74, 6) is 1.10. The molecule has 0 saturated heterocycles. The van der Waals surface area contributed by atoms with Crippen molar-refractivity contribution in [3.63, 3.8) is 0 Å². The van der Waals surface area contributed by atoms with Crippen LogP contribution in [0, 0.1) is 13.8 Å². The average Bonchev–Trinajstić information content (AvgIpc) is 3.17. The number of aryl methyl sites for hydroxylation is 2. The van der Waals surface area contributed by atoms with Gasteiger partial charge in [-0.2, -0.15) is 0 Å². The van der Waals surface area contributed by atoms with Crippen molar-refractivity contribution >= 4 is 13.3 Å². The lowest BCUT2D eigenvalue weighted by Crippen LogP contribution is -2.53. The van der Waals surface area contributed by atoms with Gasteiger partial charge in [0.1, 0.15) is 20.4 Å². The molecule has 0 unspecified atom stereocenters. The number of hydrogen-bond acceptors (Lipinski definition) is 1. The third-order valence-electron chi connectivity index (χ3n) is 8.87. The van der Waals surface area contributed by atoms with Gasteiger partial charge in [-0.15, -0.1) is 0 Å². The zero-order valence-electron chi connectivity index (χ0n) is 25.5. The fourth-order valence-corrected chi connectivity index (χ4v) is 12.0. The molecule has 0 spiro atoms. The molecule has 38 heavy (non-hydrogen) atoms. The molecule has 3 aromatic carbocycles. The molecule has 0 saturated carbocycles. The average molecular weight is 525 g/mol. The van der Waals surface area contributed by atoms with Gasteiger partial charge in [0.15, 0.2) is 0 Å². The second kappa shape index (κ2) is 10.2. The van der Waals surface area contributed by atoms with Gasteiger partial charge in [-0.25, -0.2) is 0 Å². The molecule has 2 heteroatoms. The van der Waals surface area contributed by atoms with Gasteiger partial charge in [-0.3, -0.25) is 0 Å². The summed E-state index contributed by atoms with van der Waals surface area (Å²) in [6.45, 7) is 27.7. The number of rotatable bonds is 7. The van der Waals surface area contributed by atoms with Crippen molar-refractivity contribution in [2.24, 2.45) is 0 Å². The number of benzene rings is 3. The Labute approximate surface area is 233 Å². The highest BCUT2D eigenvalue weighted by Crippen LogP contribution is 2.53. The Morgan fingerprint density at radius 1 is 0.789 bits per heavy atom. The highest BCUT2D eigenvalue weighted by Gasteiger charge is 2.48. The summed E-state index contributed by atoms with van der Waals surface area (Å²) in [5.41, 5.74) is 11.9. The molecule has 0 amide bonds. The van der Waals surface area contributed by atoms with Crippen LogP contribution in [0.2, 0.25) is 12.1 Å². The molecule has 3 aromatic rings. The molecule has 0 atom stereocenters. The smallest absolute Gasteiger partial charge is 0.121 e. The third kappa shape index (κ3) is 4.81. The fraction of sp³-hybridized carbons (Fsp3) is 0.444. The van der Waals surface area contributed by atoms with E-state index in [0.717, 1.165) is 5.75 Å². The molecule has 0 N–H and O–H groups in total. The molecular weight excluding hydrogens is 476 g/mol. The molecule has 1 nitrogen and oxygen atoms in total. The van der Waals surface area contributed by atoms with E-state index < -0.39 is 8.07 Å². The maximum absolute atomic E-state index is 6.46. The van der Waals surface area contributed by atoms with Crippen LogP contribution in [0.4, 0.5) is 0 Å². The lowest BCUT2D eigenvalue weighted by atomic mass is 9.83. The molecule has 0 aromatic heterocycles. The normalized spacial score (nSPS) is 13.8. The van der Waals surface area contributed by atoms with E-state index >= 15 is 0 Å². The van der Waals surface area contributed by atoms with Crippen LogP contribution in [0.1, 0.15) is 94.3 Å². The summed E-state index contributed by atoms with van der Waals surface area (Å²) in [7, 11) is -2.13. The quantitative estimate of drug-likeness (QED) is 0.221. The van der Waals surface area contributed by atoms with Crippen molar-refractivity contribution < 1.29 is 4.74 Å². The van der Waals surface area contributed by atoms with Crippen LogP contribution in [-0.2, 0) is 10.8 Å². The van der Waals surface area contributed by atoms with Crippen LogP contribution in [-0.4, -0.2) is 14.7 Å². The van der Waals surface area contributed by atoms with Crippen LogP contribution in [0.5, 0.6) is 5.75 Å². The molecule has 0 heterocycles. The summed E-state index contributed by atoms with van der Waals surface area (Å²) < 4.78 is 6.46. The first-order chi connectivity index (χ1) is 17.8. The molecule has 1 aliphatic rings. The van der Waals surface area contributed by atoms with Crippen LogP contribution < -0.4 is 9.92 Å². The minimum atomic E-state index is -2.13. The van der Waals surface area contributed by atoms with E-state index in [2.05, 4.69) is 124 Å². The minimum Gasteiger partial charge on any atom is -0.489 e. The molecule has 202 valence electrons. The van der Waals surface area contributed by atoms with Crippen molar-refractivity contribution in [3.8, 4) is 16.9 Å². The second-order valence-electron chi connectivity index (χ2n) is 13.5. The second-order valence-corrected chi connectivity index (χ2v) is 18.3. The van der Waals surface area contributed by atoms with Gasteiger partial charge in [-0.05, 0) is 68.8 Å². The lowest BCUT2D eigenvalue weighted by Gasteiger charge is -2.39. The predicted octanol–water partition coefficient (Wildman–Crippen LogP) is 9.51. The van der Waals surface area contributed by atoms with Gasteiger partial charge >= 0.3 is 0 Å². The Morgan fingerprint density at radius 2 is 1.29 bits per heavy atom. The van der Waals surface area contributed by atoms with Gasteiger partial charge < -0.3 is 4.74 Å². The SMILES string of the molecule is C=CCOc1c(C)cc(C)cc1[Si](CC)(CC)C1c2ccc(C(C)(C)C)cc2-c2cc(C(C)(C)C)ccc21. The van der Waals surface area contributed by atoms with Gasteiger partial charge in [0.25, 0.3) is 0 Å². The highest BCUT2D eigenvalue weighted by atomic mass is 28.3. The lowest BCUT2D eigenvalue weighted by molar-refractivity contribution is 0.363. The van der Waals surface area contributed by atoms with Crippen LogP contribution in [0.25, 0.3) is 11.1 Å². The summed E-state index contributed by atoms with van der Waals surface area (Å²) in [5, 5.41) is 1.48. The van der Waals surface area contributed by atoms with Crippen molar-refractivity contribution in [1.29, 1.82) is 0 Å². The Kier molecular flexibility index (Phi) is 7.62. The van der Waals surface area contributed by atoms with E-state index in [9.17, 15) is 0 Å². The minimum absolute atomic E-state index is 0.109. The monoisotopic (exact) mass is 524 g/mol. The molecule has 0 aliphatic heterocycles. The summed E-state index contributed by atoms with van der Waals surface area (Å²) in [6, 6.07) is 21.8.